The van der Waals surface area contributed by atoms with Crippen LogP contribution in [0.3, 0.4) is 0 Å². The summed E-state index contributed by atoms with van der Waals surface area (Å²) in [5.41, 5.74) is 27.6. The number of ketones is 2. The monoisotopic (exact) mass is 1260 g/mol. The molecule has 35 heteroatoms. The van der Waals surface area contributed by atoms with Crippen LogP contribution >= 0.6 is 12.6 Å². The first-order chi connectivity index (χ1) is 41.5. The van der Waals surface area contributed by atoms with Gasteiger partial charge in [0.1, 0.15) is 66.1 Å². The van der Waals surface area contributed by atoms with Gasteiger partial charge in [-0.2, -0.15) is 12.6 Å². The minimum absolute atomic E-state index is 0.0136. The number of amides is 9. The van der Waals surface area contributed by atoms with Crippen LogP contribution < -0.4 is 81.6 Å². The number of phenolic OH excluding ortho intramolecular Hbond substituents is 2. The number of phenols is 2. The molecule has 0 saturated carbocycles. The molecule has 1 aliphatic rings. The number of hydrogen-bond donors (Lipinski definition) is 21. The molecule has 0 spiro atoms. The van der Waals surface area contributed by atoms with Crippen molar-refractivity contribution in [2.75, 3.05) is 31.9 Å². The second-order valence-corrected chi connectivity index (χ2v) is 20.7. The van der Waals surface area contributed by atoms with Gasteiger partial charge in [-0.15, -0.1) is 0 Å². The third-order valence-electron chi connectivity index (χ3n) is 13.1. The van der Waals surface area contributed by atoms with Crippen LogP contribution in [0.15, 0.2) is 58.5 Å². The fourth-order valence-electron chi connectivity index (χ4n) is 8.35. The van der Waals surface area contributed by atoms with E-state index in [9.17, 15) is 83.1 Å². The Labute approximate surface area is 510 Å². The maximum atomic E-state index is 14.9. The van der Waals surface area contributed by atoms with E-state index in [1.807, 2.05) is 0 Å². The molecule has 3 rings (SSSR count). The number of hydrazine groups is 1. The maximum absolute atomic E-state index is 14.9. The summed E-state index contributed by atoms with van der Waals surface area (Å²) in [6.45, 7) is 2.05. The SMILES string of the molecule is C[C@@H](O)[C@@H]1NC(=O)[C@H](CS)NC(=O)C[C@@H](C(=O)N[C@@H](Cc2ccc(O)cc2)C(=O)NC(Cc2ccc(O)cc2)C(=O)N[C@@H](CCCN=C(N)N)C(=O)NCC(=O)NCC=O)NN[C@@H](CCCN=C(N)N)C(=O)C(=O)[C@H]([C@@H](C)O)NC(=O)[C@H]([C@@H](C)O)NC1=O. The van der Waals surface area contributed by atoms with E-state index in [1.165, 1.54) is 48.5 Å². The second kappa shape index (κ2) is 36.8. The van der Waals surface area contributed by atoms with Crippen molar-refractivity contribution in [3.05, 3.63) is 59.7 Å². The van der Waals surface area contributed by atoms with Crippen LogP contribution in [-0.4, -0.2) is 213 Å². The highest BCUT2D eigenvalue weighted by Gasteiger charge is 2.40. The Morgan fingerprint density at radius 2 is 1.09 bits per heavy atom. The van der Waals surface area contributed by atoms with Crippen molar-refractivity contribution >= 4 is 95.6 Å². The van der Waals surface area contributed by atoms with Crippen LogP contribution in [-0.2, 0) is 70.4 Å². The zero-order chi connectivity index (χ0) is 65.8. The van der Waals surface area contributed by atoms with Gasteiger partial charge in [-0.05, 0) is 81.8 Å². The molecule has 2 aromatic rings. The topological polar surface area (TPSA) is 567 Å². The van der Waals surface area contributed by atoms with E-state index in [-0.39, 0.29) is 80.7 Å². The number of aldehydes is 1. The molecule has 34 nitrogen and oxygen atoms in total. The molecule has 1 fully saturated rings. The van der Waals surface area contributed by atoms with Crippen molar-refractivity contribution in [3.8, 4) is 11.5 Å². The number of carbonyl (C=O) groups is 12. The lowest BCUT2D eigenvalue weighted by Crippen LogP contribution is -2.63. The number of thiol groups is 1. The van der Waals surface area contributed by atoms with Crippen molar-refractivity contribution in [2.45, 2.75) is 138 Å². The average molecular weight is 1260 g/mol. The molecule has 0 bridgehead atoms. The summed E-state index contributed by atoms with van der Waals surface area (Å²) in [6.07, 6.45) is -7.13. The first kappa shape index (κ1) is 73.2. The van der Waals surface area contributed by atoms with Crippen molar-refractivity contribution in [3.63, 3.8) is 0 Å². The summed E-state index contributed by atoms with van der Waals surface area (Å²) in [5.74, 6) is -14.1. The van der Waals surface area contributed by atoms with Crippen LogP contribution in [0, 0.1) is 0 Å². The van der Waals surface area contributed by atoms with E-state index in [0.717, 1.165) is 20.8 Å². The van der Waals surface area contributed by atoms with Gasteiger partial charge in [0, 0.05) is 31.7 Å². The van der Waals surface area contributed by atoms with E-state index in [0.29, 0.717) is 11.8 Å². The summed E-state index contributed by atoms with van der Waals surface area (Å²) in [6, 6.07) is -5.34. The van der Waals surface area contributed by atoms with E-state index >= 15 is 0 Å². The number of hydrogen-bond acceptors (Lipinski definition) is 22. The lowest BCUT2D eigenvalue weighted by molar-refractivity contribution is -0.143. The van der Waals surface area contributed by atoms with E-state index in [1.54, 1.807) is 0 Å². The van der Waals surface area contributed by atoms with Gasteiger partial charge in [-0.25, -0.2) is 10.9 Å². The molecule has 0 radical (unpaired) electrons. The number of nitrogens with zero attached hydrogens (tertiary/aromatic N) is 2. The smallest absolute Gasteiger partial charge is 0.245 e. The minimum Gasteiger partial charge on any atom is -0.508 e. The van der Waals surface area contributed by atoms with Gasteiger partial charge < -0.3 is 101 Å². The molecule has 1 heterocycles. The highest BCUT2D eigenvalue weighted by molar-refractivity contribution is 7.80. The predicted molar refractivity (Wildman–Crippen MR) is 316 cm³/mol. The highest BCUT2D eigenvalue weighted by atomic mass is 32.1. The first-order valence-corrected chi connectivity index (χ1v) is 28.2. The van der Waals surface area contributed by atoms with E-state index in [4.69, 9.17) is 22.9 Å². The molecular formula is C53H79N17O17S. The number of nitrogens with two attached hydrogens (primary N) is 4. The standard InChI is InChI=1S/C53H79N17O17S/c1-25(72)40-44(80)43(79)32(6-4-16-59-52(54)55)69-70-36(22-38(77)62-37(24-88)49(85)67-41(26(2)73)51(87)68-42(27(3)74)50(86)66-40)48(84)65-35(21-29-10-14-31(76)15-11-29)47(83)64-34(20-28-8-12-30(75)13-9-28)46(82)63-33(7-5-17-60-53(56)57)45(81)61-23-39(78)58-18-19-71/h8-15,19,25-27,32-37,40-42,69-70,72-76,88H,4-7,16-18,20-24H2,1-3H3,(H,58,78)(H,61,81)(H,62,77)(H,63,82)(H,64,83)(H,65,84)(H,66,86)(H,67,85)(H,68,87)(H4,54,55,59)(H4,56,57,60)/t25-,26-,27-,32+,33+,34?,35+,36+,37+,40+,41+,42+/m1/s1. The summed E-state index contributed by atoms with van der Waals surface area (Å²) in [4.78, 5) is 172. The van der Waals surface area contributed by atoms with Gasteiger partial charge in [0.2, 0.25) is 64.7 Å². The van der Waals surface area contributed by atoms with Crippen LogP contribution in [0.5, 0.6) is 11.5 Å². The Morgan fingerprint density at radius 3 is 1.58 bits per heavy atom. The maximum Gasteiger partial charge on any atom is 0.245 e. The van der Waals surface area contributed by atoms with Crippen molar-refractivity contribution in [1.29, 1.82) is 0 Å². The van der Waals surface area contributed by atoms with Crippen molar-refractivity contribution < 1.29 is 83.1 Å². The lowest BCUT2D eigenvalue weighted by Gasteiger charge is -2.29. The van der Waals surface area contributed by atoms with Gasteiger partial charge in [-0.1, -0.05) is 24.3 Å². The van der Waals surface area contributed by atoms with Gasteiger partial charge >= 0.3 is 0 Å². The van der Waals surface area contributed by atoms with Crippen LogP contribution in [0.25, 0.3) is 0 Å². The predicted octanol–water partition coefficient (Wildman–Crippen LogP) is -8.74. The number of nitrogens with one attached hydrogen (secondary N) is 11. The third kappa shape index (κ3) is 25.1. The molecule has 2 aromatic carbocycles. The highest BCUT2D eigenvalue weighted by Crippen LogP contribution is 2.16. The van der Waals surface area contributed by atoms with Crippen LogP contribution in [0.1, 0.15) is 64.0 Å². The Balaban J connectivity index is 2.22. The molecule has 1 unspecified atom stereocenters. The summed E-state index contributed by atoms with van der Waals surface area (Å²) >= 11 is 4.17. The molecule has 0 aliphatic carbocycles. The number of aliphatic hydroxyl groups is 3. The van der Waals surface area contributed by atoms with Gasteiger partial charge in [0.25, 0.3) is 0 Å². The third-order valence-corrected chi connectivity index (χ3v) is 13.4. The normalized spacial score (nSPS) is 20.9. The molecule has 484 valence electrons. The average Bonchev–Trinajstić information content (AvgIpc) is 2.35. The lowest BCUT2D eigenvalue weighted by atomic mass is 9.96. The molecule has 88 heavy (non-hydrogen) atoms. The summed E-state index contributed by atoms with van der Waals surface area (Å²) < 4.78 is 0. The number of benzene rings is 2. The van der Waals surface area contributed by atoms with Crippen molar-refractivity contribution in [2.24, 2.45) is 32.9 Å². The molecule has 12 atom stereocenters. The number of aliphatic hydroxyl groups excluding tert-OH is 3. The van der Waals surface area contributed by atoms with Gasteiger partial charge in [-0.3, -0.25) is 62.7 Å². The van der Waals surface area contributed by atoms with E-state index < -0.39 is 163 Å². The number of Topliss-reactive ketones (excluding diaryl/α,β-unsaturated/α-hetero) is 2. The van der Waals surface area contributed by atoms with Crippen molar-refractivity contribution in [1.82, 2.24) is 58.7 Å². The quantitative estimate of drug-likeness (QED) is 0.00986. The Morgan fingerprint density at radius 1 is 0.614 bits per heavy atom. The number of guanidine groups is 2. The minimum atomic E-state index is -2.08. The number of carbonyl (C=O) groups excluding carboxylic acids is 12. The number of aliphatic imine (C=N–C) groups is 2. The zero-order valence-electron chi connectivity index (χ0n) is 48.4. The Hall–Kier alpha value is -9.03. The number of rotatable bonds is 27. The van der Waals surface area contributed by atoms with Gasteiger partial charge in [0.15, 0.2) is 11.9 Å². The van der Waals surface area contributed by atoms with Gasteiger partial charge in [0.05, 0.1) is 43.9 Å². The molecule has 1 saturated heterocycles. The summed E-state index contributed by atoms with van der Waals surface area (Å²) in [5, 5.41) is 73.4. The fourth-order valence-corrected chi connectivity index (χ4v) is 8.61. The van der Waals surface area contributed by atoms with Crippen LogP contribution in [0.4, 0.5) is 0 Å². The second-order valence-electron chi connectivity index (χ2n) is 20.3. The molecule has 9 amide bonds. The number of aromatic hydroxyl groups is 2. The summed E-state index contributed by atoms with van der Waals surface area (Å²) in [7, 11) is 0. The molecule has 24 N–H and O–H groups in total. The van der Waals surface area contributed by atoms with E-state index in [2.05, 4.69) is 81.3 Å². The molecule has 0 aromatic heterocycles. The largest absolute Gasteiger partial charge is 0.508 e. The Kier molecular flexibility index (Phi) is 30.7. The van der Waals surface area contributed by atoms with Crippen LogP contribution in [0.2, 0.25) is 0 Å². The zero-order valence-corrected chi connectivity index (χ0v) is 49.3. The molecule has 1 aliphatic heterocycles. The Bertz CT molecular complexity index is 2820. The molecular weight excluding hydrogens is 1180 g/mol. The fraction of sp³-hybridized carbons (Fsp3) is 0.509. The first-order valence-electron chi connectivity index (χ1n) is 27.6.